The summed E-state index contributed by atoms with van der Waals surface area (Å²) < 4.78 is 0. The molecule has 146 valence electrons. The third kappa shape index (κ3) is 3.19. The smallest absolute Gasteiger partial charge is 0.313 e. The van der Waals surface area contributed by atoms with Crippen LogP contribution >= 0.6 is 11.6 Å². The number of phenols is 1. The Morgan fingerprint density at radius 1 is 1.11 bits per heavy atom. The van der Waals surface area contributed by atoms with E-state index >= 15 is 0 Å². The highest BCUT2D eigenvalue weighted by atomic mass is 35.5. The maximum Gasteiger partial charge on any atom is 0.313 e. The van der Waals surface area contributed by atoms with Gasteiger partial charge in [0.2, 0.25) is 0 Å². The Kier molecular flexibility index (Phi) is 4.80. The first kappa shape index (κ1) is 18.6. The average molecular weight is 393 g/mol. The highest BCUT2D eigenvalue weighted by Gasteiger charge is 2.59. The maximum atomic E-state index is 12.9. The Labute approximate surface area is 163 Å². The molecule has 1 aromatic carbocycles. The number of fused-ring (bicyclic) bond motifs is 1. The van der Waals surface area contributed by atoms with Crippen molar-refractivity contribution >= 4 is 23.5 Å². The Balaban J connectivity index is 1.51. The predicted octanol–water partition coefficient (Wildman–Crippen LogP) is 2.84. The first-order valence-corrected chi connectivity index (χ1v) is 10.0. The van der Waals surface area contributed by atoms with Gasteiger partial charge in [0, 0.05) is 43.7 Å². The first-order valence-electron chi connectivity index (χ1n) is 9.66. The van der Waals surface area contributed by atoms with E-state index in [1.165, 1.54) is 37.5 Å². The van der Waals surface area contributed by atoms with Crippen LogP contribution in [0.15, 0.2) is 18.2 Å². The van der Waals surface area contributed by atoms with Gasteiger partial charge in [-0.15, -0.1) is 0 Å². The third-order valence-corrected chi connectivity index (χ3v) is 6.94. The second-order valence-electron chi connectivity index (χ2n) is 8.23. The van der Waals surface area contributed by atoms with Gasteiger partial charge >= 0.3 is 5.97 Å². The number of halogens is 1. The molecule has 2 heterocycles. The molecule has 0 bridgehead atoms. The van der Waals surface area contributed by atoms with Crippen molar-refractivity contribution in [2.24, 2.45) is 11.3 Å². The third-order valence-electron chi connectivity index (χ3n) is 6.63. The number of likely N-dealkylation sites (tertiary alicyclic amines) is 2. The molecule has 2 aliphatic heterocycles. The van der Waals surface area contributed by atoms with Crippen LogP contribution in [0.3, 0.4) is 0 Å². The zero-order chi connectivity index (χ0) is 19.2. The molecule has 2 N–H and O–H groups in total. The average Bonchev–Trinajstić information content (AvgIpc) is 3.20. The minimum absolute atomic E-state index is 0.0477. The van der Waals surface area contributed by atoms with Crippen LogP contribution in [-0.4, -0.2) is 64.1 Å². The van der Waals surface area contributed by atoms with Gasteiger partial charge in [0.25, 0.3) is 5.91 Å². The molecule has 0 unspecified atom stereocenters. The lowest BCUT2D eigenvalue weighted by Crippen LogP contribution is -2.44. The van der Waals surface area contributed by atoms with Crippen molar-refractivity contribution in [2.75, 3.05) is 26.2 Å². The number of rotatable bonds is 3. The monoisotopic (exact) mass is 392 g/mol. The normalized spacial score (nSPS) is 29.1. The molecule has 3 aliphatic rings. The molecule has 1 saturated carbocycles. The second-order valence-corrected chi connectivity index (χ2v) is 8.64. The lowest BCUT2D eigenvalue weighted by atomic mass is 9.81. The quantitative estimate of drug-likeness (QED) is 0.826. The second kappa shape index (κ2) is 6.99. The van der Waals surface area contributed by atoms with Gasteiger partial charge in [-0.1, -0.05) is 30.9 Å². The van der Waals surface area contributed by atoms with E-state index in [-0.39, 0.29) is 29.1 Å². The molecule has 0 radical (unpaired) electrons. The van der Waals surface area contributed by atoms with Gasteiger partial charge in [-0.2, -0.15) is 0 Å². The summed E-state index contributed by atoms with van der Waals surface area (Å²) in [5.41, 5.74) is -0.504. The molecular formula is C20H25ClN2O4. The number of phenolic OH excluding ortho intramolecular Hbond substituents is 1. The summed E-state index contributed by atoms with van der Waals surface area (Å²) in [5, 5.41) is 19.7. The molecule has 7 heteroatoms. The molecule has 1 amide bonds. The van der Waals surface area contributed by atoms with Crippen LogP contribution in [0.5, 0.6) is 5.75 Å². The molecule has 0 spiro atoms. The molecule has 1 aromatic rings. The summed E-state index contributed by atoms with van der Waals surface area (Å²) >= 11 is 5.92. The van der Waals surface area contributed by atoms with Crippen LogP contribution in [-0.2, 0) is 4.79 Å². The lowest BCUT2D eigenvalue weighted by molar-refractivity contribution is -0.148. The lowest BCUT2D eigenvalue weighted by Gasteiger charge is -2.33. The van der Waals surface area contributed by atoms with Crippen LogP contribution < -0.4 is 0 Å². The van der Waals surface area contributed by atoms with Crippen LogP contribution in [0.2, 0.25) is 5.02 Å². The van der Waals surface area contributed by atoms with Crippen molar-refractivity contribution in [3.8, 4) is 5.75 Å². The number of hydrogen-bond donors (Lipinski definition) is 2. The molecule has 27 heavy (non-hydrogen) atoms. The van der Waals surface area contributed by atoms with Crippen molar-refractivity contribution in [1.29, 1.82) is 0 Å². The fraction of sp³-hybridized carbons (Fsp3) is 0.600. The van der Waals surface area contributed by atoms with Crippen molar-refractivity contribution in [1.82, 2.24) is 9.80 Å². The number of carboxylic acids is 1. The summed E-state index contributed by atoms with van der Waals surface area (Å²) in [5.74, 6) is -1.15. The van der Waals surface area contributed by atoms with E-state index in [9.17, 15) is 19.8 Å². The summed E-state index contributed by atoms with van der Waals surface area (Å²) in [6.45, 7) is 1.95. The van der Waals surface area contributed by atoms with E-state index in [0.29, 0.717) is 24.7 Å². The van der Waals surface area contributed by atoms with Crippen LogP contribution in [0.4, 0.5) is 0 Å². The van der Waals surface area contributed by atoms with Crippen molar-refractivity contribution in [3.63, 3.8) is 0 Å². The van der Waals surface area contributed by atoms with E-state index in [4.69, 9.17) is 11.6 Å². The van der Waals surface area contributed by atoms with Gasteiger partial charge < -0.3 is 15.1 Å². The Hall–Kier alpha value is -1.79. The topological polar surface area (TPSA) is 81.1 Å². The number of amides is 1. The number of carbonyl (C=O) groups is 2. The zero-order valence-electron chi connectivity index (χ0n) is 15.2. The van der Waals surface area contributed by atoms with E-state index < -0.39 is 11.4 Å². The number of aliphatic carboxylic acids is 1. The van der Waals surface area contributed by atoms with Gasteiger partial charge in [-0.25, -0.2) is 0 Å². The molecule has 2 saturated heterocycles. The van der Waals surface area contributed by atoms with Gasteiger partial charge in [0.1, 0.15) is 11.2 Å². The maximum absolute atomic E-state index is 12.9. The molecule has 6 nitrogen and oxygen atoms in total. The number of carbonyl (C=O) groups excluding carboxylic acids is 1. The predicted molar refractivity (Wildman–Crippen MR) is 101 cm³/mol. The van der Waals surface area contributed by atoms with Gasteiger partial charge in [-0.05, 0) is 31.0 Å². The molecule has 4 rings (SSSR count). The number of benzene rings is 1. The Bertz CT molecular complexity index is 764. The summed E-state index contributed by atoms with van der Waals surface area (Å²) in [7, 11) is 0. The zero-order valence-corrected chi connectivity index (χ0v) is 16.0. The molecule has 3 fully saturated rings. The van der Waals surface area contributed by atoms with Crippen molar-refractivity contribution in [3.05, 3.63) is 28.8 Å². The van der Waals surface area contributed by atoms with Crippen LogP contribution in [0.25, 0.3) is 0 Å². The minimum Gasteiger partial charge on any atom is -0.506 e. The minimum atomic E-state index is -0.881. The van der Waals surface area contributed by atoms with E-state index in [1.807, 2.05) is 0 Å². The van der Waals surface area contributed by atoms with E-state index in [2.05, 4.69) is 4.90 Å². The van der Waals surface area contributed by atoms with E-state index in [0.717, 1.165) is 19.4 Å². The van der Waals surface area contributed by atoms with Gasteiger partial charge in [0.15, 0.2) is 0 Å². The Morgan fingerprint density at radius 2 is 1.85 bits per heavy atom. The molecule has 1 aliphatic carbocycles. The number of aromatic hydroxyl groups is 1. The number of hydrogen-bond acceptors (Lipinski definition) is 4. The van der Waals surface area contributed by atoms with Gasteiger partial charge in [-0.3, -0.25) is 14.5 Å². The SMILES string of the molecule is O=C(c1ccc(O)c(Cl)c1)N1C[C@H]2CN(C3CCCCC3)C[C@@]2(C(=O)O)C1. The summed E-state index contributed by atoms with van der Waals surface area (Å²) in [4.78, 5) is 29.1. The first-order chi connectivity index (χ1) is 12.9. The van der Waals surface area contributed by atoms with Crippen molar-refractivity contribution in [2.45, 2.75) is 38.1 Å². The molecule has 2 atom stereocenters. The number of nitrogens with zero attached hydrogens (tertiary/aromatic N) is 2. The fourth-order valence-corrected chi connectivity index (χ4v) is 5.29. The van der Waals surface area contributed by atoms with Crippen LogP contribution in [0.1, 0.15) is 42.5 Å². The highest BCUT2D eigenvalue weighted by molar-refractivity contribution is 6.32. The van der Waals surface area contributed by atoms with Crippen molar-refractivity contribution < 1.29 is 19.8 Å². The van der Waals surface area contributed by atoms with Gasteiger partial charge in [0.05, 0.1) is 5.02 Å². The summed E-state index contributed by atoms with van der Waals surface area (Å²) in [6, 6.07) is 4.85. The summed E-state index contributed by atoms with van der Waals surface area (Å²) in [6.07, 6.45) is 6.01. The molecule has 0 aromatic heterocycles. The number of carboxylic acid groups (broad SMARTS) is 1. The Morgan fingerprint density at radius 3 is 2.48 bits per heavy atom. The van der Waals surface area contributed by atoms with E-state index in [1.54, 1.807) is 4.90 Å². The fourth-order valence-electron chi connectivity index (χ4n) is 5.11. The highest BCUT2D eigenvalue weighted by Crippen LogP contribution is 2.45. The standard InChI is InChI=1S/C20H25ClN2O4/c21-16-8-13(6-7-17(16)24)18(25)23-10-14-9-22(15-4-2-1-3-5-15)11-20(14,12-23)19(26)27/h6-8,14-15,24H,1-5,9-12H2,(H,26,27)/t14-,20-/m1/s1. The molecular weight excluding hydrogens is 368 g/mol. The largest absolute Gasteiger partial charge is 0.506 e. The van der Waals surface area contributed by atoms with Crippen LogP contribution in [0, 0.1) is 11.3 Å².